The minimum absolute atomic E-state index is 0.127. The highest BCUT2D eigenvalue weighted by Gasteiger charge is 2.19. The number of rotatable bonds is 6. The maximum Gasteiger partial charge on any atom is 0.265 e. The molecule has 2 N–H and O–H groups in total. The fraction of sp³-hybridized carbons (Fsp3) is 0.250. The molecule has 1 saturated heterocycles. The smallest absolute Gasteiger partial charge is 0.265 e. The molecule has 26 heavy (non-hydrogen) atoms. The van der Waals surface area contributed by atoms with Crippen molar-refractivity contribution in [2.24, 2.45) is 0 Å². The largest absolute Gasteiger partial charge is 0.508 e. The van der Waals surface area contributed by atoms with Gasteiger partial charge < -0.3 is 14.7 Å². The third-order valence-electron chi connectivity index (χ3n) is 4.24. The van der Waals surface area contributed by atoms with E-state index < -0.39 is 0 Å². The van der Waals surface area contributed by atoms with Gasteiger partial charge in [-0.15, -0.1) is 0 Å². The molecule has 0 atom stereocenters. The number of ether oxygens (including phenoxy) is 1. The van der Waals surface area contributed by atoms with Gasteiger partial charge in [0.05, 0.1) is 0 Å². The maximum absolute atomic E-state index is 12.4. The minimum Gasteiger partial charge on any atom is -0.508 e. The number of amides is 1. The minimum atomic E-state index is -0.127. The van der Waals surface area contributed by atoms with Crippen LogP contribution in [0.1, 0.15) is 10.4 Å². The monoisotopic (exact) mass is 353 g/mol. The van der Waals surface area contributed by atoms with E-state index >= 15 is 0 Å². The molecule has 1 fully saturated rings. The normalized spacial score (nSPS) is 14.7. The van der Waals surface area contributed by atoms with Crippen LogP contribution in [0.15, 0.2) is 61.2 Å². The molecule has 0 aromatic heterocycles. The molecule has 6 nitrogen and oxygen atoms in total. The van der Waals surface area contributed by atoms with Crippen molar-refractivity contribution in [3.05, 3.63) is 66.7 Å². The Hall–Kier alpha value is -2.99. The molecule has 0 saturated carbocycles. The number of nitrogens with one attached hydrogen (secondary N) is 1. The SMILES string of the molecule is C=CCOc1ccc(C(=O)NN2CCN(c3ccc(O)cc3)CC2)cc1. The zero-order chi connectivity index (χ0) is 18.4. The number of hydrogen-bond donors (Lipinski definition) is 2. The fourth-order valence-electron chi connectivity index (χ4n) is 2.81. The van der Waals surface area contributed by atoms with Crippen molar-refractivity contribution in [2.75, 3.05) is 37.7 Å². The zero-order valence-electron chi connectivity index (χ0n) is 14.6. The molecule has 1 aliphatic rings. The van der Waals surface area contributed by atoms with Gasteiger partial charge in [-0.3, -0.25) is 10.2 Å². The van der Waals surface area contributed by atoms with E-state index in [1.807, 2.05) is 17.1 Å². The summed E-state index contributed by atoms with van der Waals surface area (Å²) in [7, 11) is 0. The van der Waals surface area contributed by atoms with Crippen LogP contribution in [0.3, 0.4) is 0 Å². The Kier molecular flexibility index (Phi) is 5.76. The van der Waals surface area contributed by atoms with E-state index in [2.05, 4.69) is 16.9 Å². The summed E-state index contributed by atoms with van der Waals surface area (Å²) in [5.41, 5.74) is 4.62. The quantitative estimate of drug-likeness (QED) is 0.781. The molecule has 0 spiro atoms. The summed E-state index contributed by atoms with van der Waals surface area (Å²) in [4.78, 5) is 14.6. The number of carbonyl (C=O) groups excluding carboxylic acids is 1. The van der Waals surface area contributed by atoms with Crippen LogP contribution in [0.25, 0.3) is 0 Å². The maximum atomic E-state index is 12.4. The summed E-state index contributed by atoms with van der Waals surface area (Å²) in [6.45, 7) is 7.12. The lowest BCUT2D eigenvalue weighted by atomic mass is 10.2. The topological polar surface area (TPSA) is 65.0 Å². The molecule has 3 rings (SSSR count). The van der Waals surface area contributed by atoms with Gasteiger partial charge in [-0.1, -0.05) is 12.7 Å². The summed E-state index contributed by atoms with van der Waals surface area (Å²) in [6, 6.07) is 14.2. The van der Waals surface area contributed by atoms with Crippen molar-refractivity contribution < 1.29 is 14.6 Å². The van der Waals surface area contributed by atoms with E-state index in [4.69, 9.17) is 4.74 Å². The van der Waals surface area contributed by atoms with Crippen LogP contribution in [0.5, 0.6) is 11.5 Å². The van der Waals surface area contributed by atoms with Gasteiger partial charge >= 0.3 is 0 Å². The molecule has 0 bridgehead atoms. The van der Waals surface area contributed by atoms with Crippen molar-refractivity contribution in [3.63, 3.8) is 0 Å². The van der Waals surface area contributed by atoms with E-state index in [9.17, 15) is 9.90 Å². The van der Waals surface area contributed by atoms with E-state index in [1.165, 1.54) is 0 Å². The summed E-state index contributed by atoms with van der Waals surface area (Å²) in [5.74, 6) is 0.850. The molecule has 0 aliphatic carbocycles. The van der Waals surface area contributed by atoms with Gasteiger partial charge in [0, 0.05) is 37.4 Å². The number of aromatic hydroxyl groups is 1. The molecule has 0 unspecified atom stereocenters. The van der Waals surface area contributed by atoms with Crippen LogP contribution >= 0.6 is 0 Å². The average molecular weight is 353 g/mol. The van der Waals surface area contributed by atoms with E-state index in [0.717, 1.165) is 31.9 Å². The predicted molar refractivity (Wildman–Crippen MR) is 101 cm³/mol. The number of anilines is 1. The molecular weight excluding hydrogens is 330 g/mol. The third kappa shape index (κ3) is 4.55. The zero-order valence-corrected chi connectivity index (χ0v) is 14.6. The predicted octanol–water partition coefficient (Wildman–Crippen LogP) is 2.42. The van der Waals surface area contributed by atoms with Crippen LogP contribution in [0, 0.1) is 0 Å². The fourth-order valence-corrected chi connectivity index (χ4v) is 2.81. The van der Waals surface area contributed by atoms with Gasteiger partial charge in [-0.2, -0.15) is 0 Å². The Labute approximate surface area is 153 Å². The molecule has 2 aromatic rings. The Bertz CT molecular complexity index is 736. The molecule has 136 valence electrons. The van der Waals surface area contributed by atoms with Gasteiger partial charge in [0.2, 0.25) is 0 Å². The van der Waals surface area contributed by atoms with Crippen molar-refractivity contribution >= 4 is 11.6 Å². The lowest BCUT2D eigenvalue weighted by Crippen LogP contribution is -2.53. The van der Waals surface area contributed by atoms with Gasteiger partial charge in [-0.25, -0.2) is 5.01 Å². The lowest BCUT2D eigenvalue weighted by Gasteiger charge is -2.36. The van der Waals surface area contributed by atoms with E-state index in [1.54, 1.807) is 42.5 Å². The van der Waals surface area contributed by atoms with Crippen molar-refractivity contribution in [1.29, 1.82) is 0 Å². The van der Waals surface area contributed by atoms with Gasteiger partial charge in [-0.05, 0) is 48.5 Å². The average Bonchev–Trinajstić information content (AvgIpc) is 2.68. The number of hydrazine groups is 1. The first-order chi connectivity index (χ1) is 12.7. The third-order valence-corrected chi connectivity index (χ3v) is 4.24. The Morgan fingerprint density at radius 3 is 2.35 bits per heavy atom. The number of phenolic OH excluding ortho intramolecular Hbond substituents is 1. The van der Waals surface area contributed by atoms with Gasteiger partial charge in [0.25, 0.3) is 5.91 Å². The molecule has 1 heterocycles. The van der Waals surface area contributed by atoms with Gasteiger partial charge in [0.1, 0.15) is 18.1 Å². The van der Waals surface area contributed by atoms with E-state index in [-0.39, 0.29) is 11.7 Å². The second-order valence-electron chi connectivity index (χ2n) is 6.06. The first-order valence-electron chi connectivity index (χ1n) is 8.59. The Morgan fingerprint density at radius 2 is 1.73 bits per heavy atom. The number of piperazine rings is 1. The molecule has 1 amide bonds. The second kappa shape index (κ2) is 8.40. The van der Waals surface area contributed by atoms with Crippen LogP contribution in [0.2, 0.25) is 0 Å². The van der Waals surface area contributed by atoms with Crippen LogP contribution in [-0.2, 0) is 0 Å². The number of hydrogen-bond acceptors (Lipinski definition) is 5. The first-order valence-corrected chi connectivity index (χ1v) is 8.59. The Balaban J connectivity index is 1.50. The van der Waals surface area contributed by atoms with Gasteiger partial charge in [0.15, 0.2) is 0 Å². The highest BCUT2D eigenvalue weighted by atomic mass is 16.5. The summed E-state index contributed by atoms with van der Waals surface area (Å²) in [6.07, 6.45) is 1.68. The number of benzene rings is 2. The molecule has 6 heteroatoms. The van der Waals surface area contributed by atoms with Crippen molar-refractivity contribution in [1.82, 2.24) is 10.4 Å². The summed E-state index contributed by atoms with van der Waals surface area (Å²) in [5, 5.41) is 11.3. The first kappa shape index (κ1) is 17.8. The molecule has 2 aromatic carbocycles. The van der Waals surface area contributed by atoms with Crippen LogP contribution in [-0.4, -0.2) is 48.8 Å². The summed E-state index contributed by atoms with van der Waals surface area (Å²) < 4.78 is 5.42. The number of phenols is 1. The highest BCUT2D eigenvalue weighted by Crippen LogP contribution is 2.19. The second-order valence-corrected chi connectivity index (χ2v) is 6.06. The van der Waals surface area contributed by atoms with Crippen molar-refractivity contribution in [2.45, 2.75) is 0 Å². The van der Waals surface area contributed by atoms with Crippen molar-refractivity contribution in [3.8, 4) is 11.5 Å². The summed E-state index contributed by atoms with van der Waals surface area (Å²) >= 11 is 0. The molecule has 1 aliphatic heterocycles. The lowest BCUT2D eigenvalue weighted by molar-refractivity contribution is 0.0777. The molecular formula is C20H23N3O3. The molecule has 0 radical (unpaired) electrons. The van der Waals surface area contributed by atoms with E-state index in [0.29, 0.717) is 17.9 Å². The van der Waals surface area contributed by atoms with Crippen LogP contribution in [0.4, 0.5) is 5.69 Å². The number of carbonyl (C=O) groups is 1. The highest BCUT2D eigenvalue weighted by molar-refractivity contribution is 5.93. The Morgan fingerprint density at radius 1 is 1.08 bits per heavy atom. The van der Waals surface area contributed by atoms with Crippen LogP contribution < -0.4 is 15.1 Å². The number of nitrogens with zero attached hydrogens (tertiary/aromatic N) is 2. The standard InChI is InChI=1S/C20H23N3O3/c1-2-15-26-19-9-3-16(4-10-19)20(25)21-23-13-11-22(12-14-23)17-5-7-18(24)8-6-17/h2-10,24H,1,11-15H2,(H,21,25).